The van der Waals surface area contributed by atoms with Crippen LogP contribution in [-0.2, 0) is 5.54 Å². The number of ether oxygens (including phenoxy) is 1. The monoisotopic (exact) mass is 367 g/mol. The predicted molar refractivity (Wildman–Crippen MR) is 107 cm³/mol. The highest BCUT2D eigenvalue weighted by atomic mass is 16.5. The Balaban J connectivity index is 2.26. The summed E-state index contributed by atoms with van der Waals surface area (Å²) < 4.78 is 8.67. The minimum Gasteiger partial charge on any atom is -0.494 e. The Morgan fingerprint density at radius 3 is 2.44 bits per heavy atom. The summed E-state index contributed by atoms with van der Waals surface area (Å²) in [6, 6.07) is 5.74. The number of fused-ring (bicyclic) bond motifs is 3. The van der Waals surface area contributed by atoms with E-state index >= 15 is 0 Å². The van der Waals surface area contributed by atoms with Gasteiger partial charge in [0.2, 0.25) is 0 Å². The van der Waals surface area contributed by atoms with Crippen LogP contribution >= 0.6 is 0 Å². The van der Waals surface area contributed by atoms with Crippen molar-refractivity contribution < 1.29 is 4.74 Å². The number of para-hydroxylation sites is 1. The third kappa shape index (κ3) is 2.66. The Morgan fingerprint density at radius 2 is 1.81 bits per heavy atom. The van der Waals surface area contributed by atoms with Crippen LogP contribution in [0.15, 0.2) is 34.0 Å². The molecule has 1 aromatic carbocycles. The van der Waals surface area contributed by atoms with Crippen LogP contribution in [0.4, 0.5) is 0 Å². The number of benzene rings is 1. The molecule has 3 aromatic rings. The van der Waals surface area contributed by atoms with Gasteiger partial charge in [0, 0.05) is 23.2 Å². The lowest BCUT2D eigenvalue weighted by Crippen LogP contribution is -2.48. The average molecular weight is 367 g/mol. The van der Waals surface area contributed by atoms with Crippen LogP contribution in [0.1, 0.15) is 52.5 Å². The molecule has 1 saturated carbocycles. The second-order valence-electron chi connectivity index (χ2n) is 8.28. The minimum absolute atomic E-state index is 0.103. The van der Waals surface area contributed by atoms with Crippen molar-refractivity contribution in [1.29, 1.82) is 0 Å². The van der Waals surface area contributed by atoms with Gasteiger partial charge in [-0.3, -0.25) is 18.9 Å². The summed E-state index contributed by atoms with van der Waals surface area (Å²) in [6.45, 7) is 5.66. The molecule has 2 aromatic heterocycles. The first-order chi connectivity index (χ1) is 12.8. The number of aromatic nitrogens is 3. The predicted octanol–water partition coefficient (Wildman–Crippen LogP) is 3.59. The molecule has 0 saturated heterocycles. The third-order valence-electron chi connectivity index (χ3n) is 5.48. The maximum Gasteiger partial charge on any atom is 0.332 e. The van der Waals surface area contributed by atoms with E-state index in [0.29, 0.717) is 22.2 Å². The Kier molecular flexibility index (Phi) is 4.09. The number of rotatable bonds is 2. The van der Waals surface area contributed by atoms with Gasteiger partial charge in [0.1, 0.15) is 11.3 Å². The van der Waals surface area contributed by atoms with Gasteiger partial charge in [0.25, 0.3) is 5.56 Å². The van der Waals surface area contributed by atoms with Crippen LogP contribution in [0.3, 0.4) is 0 Å². The second kappa shape index (κ2) is 6.22. The van der Waals surface area contributed by atoms with E-state index in [4.69, 9.17) is 4.74 Å². The molecule has 0 N–H and O–H groups in total. The van der Waals surface area contributed by atoms with Gasteiger partial charge in [-0.2, -0.15) is 0 Å². The molecule has 0 unspecified atom stereocenters. The maximum atomic E-state index is 13.5. The summed E-state index contributed by atoms with van der Waals surface area (Å²) in [5.41, 5.74) is 0.232. The Bertz CT molecular complexity index is 1150. The molecule has 0 spiro atoms. The fourth-order valence-electron chi connectivity index (χ4n) is 4.27. The highest BCUT2D eigenvalue weighted by Gasteiger charge is 2.28. The second-order valence-corrected chi connectivity index (χ2v) is 8.28. The molecule has 1 aliphatic carbocycles. The molecule has 0 bridgehead atoms. The van der Waals surface area contributed by atoms with Crippen LogP contribution in [0.5, 0.6) is 5.75 Å². The van der Waals surface area contributed by atoms with Gasteiger partial charge in [-0.1, -0.05) is 25.0 Å². The van der Waals surface area contributed by atoms with Gasteiger partial charge in [-0.15, -0.1) is 0 Å². The van der Waals surface area contributed by atoms with Gasteiger partial charge in [0.15, 0.2) is 0 Å². The SMILES string of the molecule is COc1cccc2c1ncc1c(=O)n(C(C)(C)C)c(=O)n(C3CCCC3)c12. The largest absolute Gasteiger partial charge is 0.494 e. The van der Waals surface area contributed by atoms with Gasteiger partial charge < -0.3 is 4.74 Å². The molecular weight excluding hydrogens is 342 g/mol. The summed E-state index contributed by atoms with van der Waals surface area (Å²) in [5.74, 6) is 0.639. The maximum absolute atomic E-state index is 13.5. The van der Waals surface area contributed by atoms with Crippen LogP contribution in [0.25, 0.3) is 21.8 Å². The molecule has 0 atom stereocenters. The molecular formula is C21H25N3O3. The van der Waals surface area contributed by atoms with Crippen molar-refractivity contribution in [2.45, 2.75) is 58.0 Å². The van der Waals surface area contributed by atoms with E-state index in [1.807, 2.05) is 43.5 Å². The highest BCUT2D eigenvalue weighted by molar-refractivity contribution is 6.04. The van der Waals surface area contributed by atoms with Crippen LogP contribution in [0.2, 0.25) is 0 Å². The van der Waals surface area contributed by atoms with Gasteiger partial charge >= 0.3 is 5.69 Å². The van der Waals surface area contributed by atoms with E-state index in [2.05, 4.69) is 4.98 Å². The van der Waals surface area contributed by atoms with Crippen molar-refractivity contribution in [2.75, 3.05) is 7.11 Å². The normalized spacial score (nSPS) is 15.7. The summed E-state index contributed by atoms with van der Waals surface area (Å²) in [7, 11) is 1.60. The van der Waals surface area contributed by atoms with Crippen molar-refractivity contribution >= 4 is 21.8 Å². The zero-order valence-corrected chi connectivity index (χ0v) is 16.3. The van der Waals surface area contributed by atoms with E-state index in [9.17, 15) is 9.59 Å². The first-order valence-corrected chi connectivity index (χ1v) is 9.48. The Labute approximate surface area is 157 Å². The van der Waals surface area contributed by atoms with E-state index in [1.165, 1.54) is 4.57 Å². The Hall–Kier alpha value is -2.63. The molecule has 6 heteroatoms. The van der Waals surface area contributed by atoms with E-state index in [0.717, 1.165) is 31.1 Å². The zero-order valence-electron chi connectivity index (χ0n) is 16.3. The minimum atomic E-state index is -0.605. The molecule has 1 fully saturated rings. The number of pyridine rings is 1. The lowest BCUT2D eigenvalue weighted by atomic mass is 10.1. The average Bonchev–Trinajstić information content (AvgIpc) is 3.14. The smallest absolute Gasteiger partial charge is 0.332 e. The fourth-order valence-corrected chi connectivity index (χ4v) is 4.27. The summed E-state index contributed by atoms with van der Waals surface area (Å²) in [6.07, 6.45) is 5.69. The number of nitrogens with zero attached hydrogens (tertiary/aromatic N) is 3. The number of hydrogen-bond donors (Lipinski definition) is 0. The summed E-state index contributed by atoms with van der Waals surface area (Å²) in [4.78, 5) is 31.3. The molecule has 0 radical (unpaired) electrons. The molecule has 2 heterocycles. The Morgan fingerprint density at radius 1 is 1.11 bits per heavy atom. The molecule has 4 rings (SSSR count). The zero-order chi connectivity index (χ0) is 19.3. The molecule has 1 aliphatic rings. The van der Waals surface area contributed by atoms with E-state index in [-0.39, 0.29) is 17.3 Å². The lowest BCUT2D eigenvalue weighted by molar-refractivity contribution is 0.348. The number of hydrogen-bond acceptors (Lipinski definition) is 4. The van der Waals surface area contributed by atoms with Crippen molar-refractivity contribution in [3.05, 3.63) is 45.2 Å². The fraction of sp³-hybridized carbons (Fsp3) is 0.476. The van der Waals surface area contributed by atoms with Crippen molar-refractivity contribution in [1.82, 2.24) is 14.1 Å². The first-order valence-electron chi connectivity index (χ1n) is 9.48. The highest BCUT2D eigenvalue weighted by Crippen LogP contribution is 2.34. The molecule has 6 nitrogen and oxygen atoms in total. The van der Waals surface area contributed by atoms with Crippen molar-refractivity contribution in [2.24, 2.45) is 0 Å². The van der Waals surface area contributed by atoms with E-state index in [1.54, 1.807) is 13.3 Å². The van der Waals surface area contributed by atoms with Crippen LogP contribution in [-0.4, -0.2) is 21.2 Å². The van der Waals surface area contributed by atoms with Crippen LogP contribution in [0, 0.1) is 0 Å². The quantitative estimate of drug-likeness (QED) is 0.649. The summed E-state index contributed by atoms with van der Waals surface area (Å²) in [5, 5.41) is 1.27. The van der Waals surface area contributed by atoms with E-state index < -0.39 is 5.54 Å². The van der Waals surface area contributed by atoms with Gasteiger partial charge in [-0.25, -0.2) is 4.79 Å². The summed E-state index contributed by atoms with van der Waals surface area (Å²) >= 11 is 0. The van der Waals surface area contributed by atoms with Gasteiger partial charge in [-0.05, 0) is 39.7 Å². The van der Waals surface area contributed by atoms with Crippen LogP contribution < -0.4 is 16.0 Å². The lowest BCUT2D eigenvalue weighted by Gasteiger charge is -2.26. The first kappa shape index (κ1) is 17.8. The van der Waals surface area contributed by atoms with Crippen molar-refractivity contribution in [3.63, 3.8) is 0 Å². The topological polar surface area (TPSA) is 66.1 Å². The number of methoxy groups -OCH3 is 1. The third-order valence-corrected chi connectivity index (χ3v) is 5.48. The molecule has 0 amide bonds. The molecule has 0 aliphatic heterocycles. The standard InChI is InChI=1S/C21H25N3O3/c1-21(2,3)24-19(25)15-12-22-17-14(10-7-11-16(17)27-4)18(15)23(20(24)26)13-8-5-6-9-13/h7,10-13H,5-6,8-9H2,1-4H3. The van der Waals surface area contributed by atoms with Crippen molar-refractivity contribution in [3.8, 4) is 5.75 Å². The van der Waals surface area contributed by atoms with Gasteiger partial charge in [0.05, 0.1) is 18.0 Å². The molecule has 27 heavy (non-hydrogen) atoms. The molecule has 142 valence electrons.